The summed E-state index contributed by atoms with van der Waals surface area (Å²) in [6.45, 7) is 1.85. The average Bonchev–Trinajstić information content (AvgIpc) is 3.28. The van der Waals surface area contributed by atoms with Gasteiger partial charge in [0.1, 0.15) is 47.7 Å². The Bertz CT molecular complexity index is 958. The van der Waals surface area contributed by atoms with Gasteiger partial charge in [-0.1, -0.05) is 6.92 Å². The van der Waals surface area contributed by atoms with Gasteiger partial charge in [-0.25, -0.2) is 19.7 Å². The summed E-state index contributed by atoms with van der Waals surface area (Å²) in [5.41, 5.74) is 6.57. The molecular formula is C19H29N6O6S+. The molecule has 0 aliphatic carbocycles. The zero-order valence-electron chi connectivity index (χ0n) is 17.9. The van der Waals surface area contributed by atoms with E-state index in [1.165, 1.54) is 17.2 Å². The number of carbonyl (C=O) groups is 2. The summed E-state index contributed by atoms with van der Waals surface area (Å²) in [5, 5.41) is 33.0. The third kappa shape index (κ3) is 5.28. The molecule has 1 aliphatic rings. The lowest BCUT2D eigenvalue weighted by Crippen LogP contribution is -2.42. The number of nitrogens with two attached hydrogens (primary N) is 1. The van der Waals surface area contributed by atoms with Crippen LogP contribution in [0.1, 0.15) is 32.4 Å². The number of nitrogen functional groups attached to an aromatic ring is 1. The van der Waals surface area contributed by atoms with Gasteiger partial charge in [0.2, 0.25) is 5.91 Å². The molecular weight excluding hydrogens is 440 g/mol. The van der Waals surface area contributed by atoms with Crippen LogP contribution in [0.2, 0.25) is 0 Å². The Morgan fingerprint density at radius 1 is 1.31 bits per heavy atom. The smallest absolute Gasteiger partial charge is 0.326 e. The fraction of sp³-hybridized carbons (Fsp3) is 0.632. The van der Waals surface area contributed by atoms with Gasteiger partial charge < -0.3 is 31.1 Å². The second-order valence-electron chi connectivity index (χ2n) is 7.78. The molecule has 1 aliphatic heterocycles. The molecule has 6 atom stereocenters. The van der Waals surface area contributed by atoms with Crippen LogP contribution < -0.4 is 11.1 Å². The fourth-order valence-corrected chi connectivity index (χ4v) is 5.23. The molecule has 0 saturated carbocycles. The van der Waals surface area contributed by atoms with E-state index in [1.54, 1.807) is 0 Å². The highest BCUT2D eigenvalue weighted by atomic mass is 32.2. The number of nitrogens with zero attached hydrogens (tertiary/aromatic N) is 4. The molecule has 0 radical (unpaired) electrons. The molecule has 2 aromatic rings. The standard InChI is InChI=1S/C19H28N6O6S/c1-3-4-12(26)24-10(19(29)30)5-6-32(2)7-11-14(27)15(28)18(31-11)25-9-23-13-16(20)21-8-22-17(13)25/h8-11,14-15,18,27-28H,3-7H2,1-2H3,(H3-,20,21,22,24,26,29,30)/p+1/t10-,11+,14+,15+,18+,32?/m0/s1. The number of nitrogens with one attached hydrogen (secondary N) is 1. The maximum absolute atomic E-state index is 11.7. The number of hydrogen-bond acceptors (Lipinski definition) is 9. The first-order chi connectivity index (χ1) is 15.2. The van der Waals surface area contributed by atoms with Crippen LogP contribution in [0.15, 0.2) is 12.7 Å². The predicted octanol–water partition coefficient (Wildman–Crippen LogP) is -0.965. The van der Waals surface area contributed by atoms with Crippen LogP contribution in [0.5, 0.6) is 0 Å². The Hall–Kier alpha value is -2.48. The fourth-order valence-electron chi connectivity index (χ4n) is 3.59. The van der Waals surface area contributed by atoms with Gasteiger partial charge in [-0.2, -0.15) is 0 Å². The van der Waals surface area contributed by atoms with Crippen molar-refractivity contribution in [1.29, 1.82) is 0 Å². The van der Waals surface area contributed by atoms with Gasteiger partial charge in [-0.05, 0) is 17.3 Å². The molecule has 2 aromatic heterocycles. The van der Waals surface area contributed by atoms with Crippen molar-refractivity contribution in [2.75, 3.05) is 23.5 Å². The number of ether oxygens (including phenoxy) is 1. The second-order valence-corrected chi connectivity index (χ2v) is 10.1. The van der Waals surface area contributed by atoms with E-state index in [2.05, 4.69) is 20.3 Å². The minimum atomic E-state index is -1.20. The largest absolute Gasteiger partial charge is 0.480 e. The van der Waals surface area contributed by atoms with E-state index in [0.717, 1.165) is 0 Å². The summed E-state index contributed by atoms with van der Waals surface area (Å²) in [6, 6.07) is -0.959. The van der Waals surface area contributed by atoms with Gasteiger partial charge in [-0.3, -0.25) is 9.36 Å². The van der Waals surface area contributed by atoms with Crippen LogP contribution >= 0.6 is 0 Å². The number of carboxylic acids is 1. The number of hydrogen-bond donors (Lipinski definition) is 5. The Labute approximate surface area is 187 Å². The lowest BCUT2D eigenvalue weighted by atomic mass is 10.1. The van der Waals surface area contributed by atoms with Gasteiger partial charge in [0.05, 0.1) is 12.6 Å². The number of carboxylic acid groups (broad SMARTS) is 1. The van der Waals surface area contributed by atoms with Crippen LogP contribution in [0.4, 0.5) is 5.82 Å². The van der Waals surface area contributed by atoms with Crippen molar-refractivity contribution in [1.82, 2.24) is 24.8 Å². The Morgan fingerprint density at radius 2 is 2.06 bits per heavy atom. The number of amides is 1. The molecule has 6 N–H and O–H groups in total. The lowest BCUT2D eigenvalue weighted by molar-refractivity contribution is -0.141. The van der Waals surface area contributed by atoms with Crippen LogP contribution in [0, 0.1) is 0 Å². The summed E-state index contributed by atoms with van der Waals surface area (Å²) < 4.78 is 7.46. The Morgan fingerprint density at radius 3 is 2.75 bits per heavy atom. The van der Waals surface area contributed by atoms with Gasteiger partial charge in [0.15, 0.2) is 17.7 Å². The van der Waals surface area contributed by atoms with Crippen molar-refractivity contribution in [2.24, 2.45) is 0 Å². The Balaban J connectivity index is 1.60. The topological polar surface area (TPSA) is 186 Å². The van der Waals surface area contributed by atoms with E-state index >= 15 is 0 Å². The van der Waals surface area contributed by atoms with Gasteiger partial charge in [0, 0.05) is 12.8 Å². The normalized spacial score (nSPS) is 25.0. The predicted molar refractivity (Wildman–Crippen MR) is 118 cm³/mol. The van der Waals surface area contributed by atoms with Crippen molar-refractivity contribution in [3.05, 3.63) is 12.7 Å². The van der Waals surface area contributed by atoms with Gasteiger partial charge in [0.25, 0.3) is 0 Å². The molecule has 3 rings (SSSR count). The Kier molecular flexibility index (Phi) is 7.87. The summed E-state index contributed by atoms with van der Waals surface area (Å²) in [6.07, 6.45) is 1.95. The number of carbonyl (C=O) groups excluding carboxylic acids is 1. The lowest BCUT2D eigenvalue weighted by Gasteiger charge is -2.17. The number of rotatable bonds is 10. The van der Waals surface area contributed by atoms with Crippen molar-refractivity contribution in [3.8, 4) is 0 Å². The van der Waals surface area contributed by atoms with E-state index in [9.17, 15) is 24.9 Å². The minimum absolute atomic E-state index is 0.201. The molecule has 13 heteroatoms. The van der Waals surface area contributed by atoms with Crippen LogP contribution in [-0.2, 0) is 25.2 Å². The quantitative estimate of drug-likeness (QED) is 0.271. The molecule has 0 aromatic carbocycles. The zero-order chi connectivity index (χ0) is 23.4. The van der Waals surface area contributed by atoms with Crippen molar-refractivity contribution < 1.29 is 29.6 Å². The molecule has 0 spiro atoms. The highest BCUT2D eigenvalue weighted by molar-refractivity contribution is 7.96. The number of aromatic nitrogens is 4. The third-order valence-electron chi connectivity index (χ3n) is 5.31. The minimum Gasteiger partial charge on any atom is -0.480 e. The van der Waals surface area contributed by atoms with E-state index < -0.39 is 36.6 Å². The average molecular weight is 470 g/mol. The monoisotopic (exact) mass is 469 g/mol. The van der Waals surface area contributed by atoms with E-state index in [0.29, 0.717) is 29.1 Å². The molecule has 0 bridgehead atoms. The number of aliphatic hydroxyl groups excluding tert-OH is 2. The summed E-state index contributed by atoms with van der Waals surface area (Å²) in [7, 11) is -0.325. The number of fused-ring (bicyclic) bond motifs is 1. The zero-order valence-corrected chi connectivity index (χ0v) is 18.7. The third-order valence-corrected chi connectivity index (χ3v) is 7.14. The molecule has 1 unspecified atom stereocenters. The second kappa shape index (κ2) is 10.4. The number of aliphatic carboxylic acids is 1. The molecule has 1 fully saturated rings. The van der Waals surface area contributed by atoms with Crippen LogP contribution in [0.3, 0.4) is 0 Å². The molecule has 12 nitrogen and oxygen atoms in total. The van der Waals surface area contributed by atoms with Crippen molar-refractivity contribution >= 4 is 39.8 Å². The first-order valence-corrected chi connectivity index (χ1v) is 12.3. The van der Waals surface area contributed by atoms with Crippen molar-refractivity contribution in [2.45, 2.75) is 56.8 Å². The summed E-state index contributed by atoms with van der Waals surface area (Å²) in [4.78, 5) is 35.4. The highest BCUT2D eigenvalue weighted by Gasteiger charge is 2.46. The maximum Gasteiger partial charge on any atom is 0.326 e. The highest BCUT2D eigenvalue weighted by Crippen LogP contribution is 2.32. The molecule has 1 amide bonds. The SMILES string of the molecule is CCCC(=O)N[C@@H](CC[S+](C)C[C@H]1O[C@@H](n2cnc3c(N)ncnc32)[C@H](O)[C@@H]1O)C(=O)O. The molecule has 1 saturated heterocycles. The molecule has 32 heavy (non-hydrogen) atoms. The van der Waals surface area contributed by atoms with Gasteiger partial charge >= 0.3 is 5.97 Å². The summed E-state index contributed by atoms with van der Waals surface area (Å²) in [5.74, 6) is -0.212. The van der Waals surface area contributed by atoms with E-state index in [-0.39, 0.29) is 35.5 Å². The number of imidazole rings is 1. The molecule has 176 valence electrons. The van der Waals surface area contributed by atoms with Gasteiger partial charge in [-0.15, -0.1) is 0 Å². The maximum atomic E-state index is 11.7. The van der Waals surface area contributed by atoms with E-state index in [1.807, 2.05) is 13.2 Å². The molecule has 3 heterocycles. The van der Waals surface area contributed by atoms with E-state index in [4.69, 9.17) is 10.5 Å². The number of aliphatic hydroxyl groups is 2. The van der Waals surface area contributed by atoms with Crippen molar-refractivity contribution in [3.63, 3.8) is 0 Å². The first-order valence-electron chi connectivity index (χ1n) is 10.3. The van der Waals surface area contributed by atoms with Crippen LogP contribution in [-0.4, -0.2) is 88.8 Å². The number of anilines is 1. The van der Waals surface area contributed by atoms with Crippen LogP contribution in [0.25, 0.3) is 11.2 Å². The summed E-state index contributed by atoms with van der Waals surface area (Å²) >= 11 is 0. The first kappa shape index (κ1) is 24.2.